The molecule has 1 saturated heterocycles. The number of anilines is 1. The summed E-state index contributed by atoms with van der Waals surface area (Å²) < 4.78 is 10.5. The van der Waals surface area contributed by atoms with Gasteiger partial charge in [-0.25, -0.2) is 14.8 Å². The van der Waals surface area contributed by atoms with E-state index in [9.17, 15) is 4.79 Å². The molecule has 1 aliphatic rings. The lowest BCUT2D eigenvalue weighted by Gasteiger charge is -2.22. The van der Waals surface area contributed by atoms with Crippen molar-refractivity contribution in [2.24, 2.45) is 0 Å². The minimum Gasteiger partial charge on any atom is -0.444 e. The first-order valence-electron chi connectivity index (χ1n) is 6.96. The topological polar surface area (TPSA) is 73.3 Å². The molecular weight excluding hydrogens is 294 g/mol. The Kier molecular flexibility index (Phi) is 5.00. The zero-order valence-electron chi connectivity index (χ0n) is 12.5. The van der Waals surface area contributed by atoms with Gasteiger partial charge >= 0.3 is 6.09 Å². The van der Waals surface area contributed by atoms with E-state index < -0.39 is 11.7 Å². The molecule has 21 heavy (non-hydrogen) atoms. The van der Waals surface area contributed by atoms with Gasteiger partial charge in [0.15, 0.2) is 0 Å². The fourth-order valence-corrected chi connectivity index (χ4v) is 2.24. The summed E-state index contributed by atoms with van der Waals surface area (Å²) in [4.78, 5) is 20.4. The number of rotatable bonds is 2. The van der Waals surface area contributed by atoms with Crippen LogP contribution in [0.2, 0.25) is 5.15 Å². The Bertz CT molecular complexity index is 511. The van der Waals surface area contributed by atoms with Crippen LogP contribution in [0.1, 0.15) is 45.4 Å². The predicted octanol–water partition coefficient (Wildman–Crippen LogP) is 3.37. The van der Waals surface area contributed by atoms with Gasteiger partial charge in [-0.1, -0.05) is 11.6 Å². The van der Waals surface area contributed by atoms with Crippen molar-refractivity contribution < 1.29 is 14.3 Å². The average molecular weight is 314 g/mol. The molecule has 1 fully saturated rings. The number of halogens is 1. The van der Waals surface area contributed by atoms with Crippen molar-refractivity contribution in [2.75, 3.05) is 18.5 Å². The standard InChI is InChI=1S/C14H20ClN3O3/c1-14(2,3)21-13(19)18-11-8-10(15)16-12(17-11)9-4-6-20-7-5-9/h8-9H,4-7H2,1-3H3,(H,16,17,18,19). The maximum absolute atomic E-state index is 11.8. The molecule has 0 radical (unpaired) electrons. The summed E-state index contributed by atoms with van der Waals surface area (Å²) in [7, 11) is 0. The molecule has 0 atom stereocenters. The van der Waals surface area contributed by atoms with E-state index in [0.717, 1.165) is 12.8 Å². The van der Waals surface area contributed by atoms with Crippen LogP contribution in [0.4, 0.5) is 10.6 Å². The number of nitrogens with one attached hydrogen (secondary N) is 1. The Hall–Kier alpha value is -1.40. The van der Waals surface area contributed by atoms with E-state index in [1.54, 1.807) is 20.8 Å². The van der Waals surface area contributed by atoms with Gasteiger partial charge in [-0.15, -0.1) is 0 Å². The predicted molar refractivity (Wildman–Crippen MR) is 79.7 cm³/mol. The number of nitrogens with zero attached hydrogens (tertiary/aromatic N) is 2. The fraction of sp³-hybridized carbons (Fsp3) is 0.643. The summed E-state index contributed by atoms with van der Waals surface area (Å²) in [6, 6.07) is 1.51. The van der Waals surface area contributed by atoms with Gasteiger partial charge in [-0.2, -0.15) is 0 Å². The molecule has 0 unspecified atom stereocenters. The number of hydrogen-bond donors (Lipinski definition) is 1. The molecule has 1 aromatic heterocycles. The van der Waals surface area contributed by atoms with Gasteiger partial charge in [-0.3, -0.25) is 5.32 Å². The molecule has 1 aliphatic heterocycles. The van der Waals surface area contributed by atoms with Crippen LogP contribution in [0.3, 0.4) is 0 Å². The summed E-state index contributed by atoms with van der Waals surface area (Å²) in [5.74, 6) is 1.19. The third-order valence-electron chi connectivity index (χ3n) is 2.93. The van der Waals surface area contributed by atoms with Crippen LogP contribution >= 0.6 is 11.6 Å². The van der Waals surface area contributed by atoms with Gasteiger partial charge in [0.25, 0.3) is 0 Å². The number of carbonyl (C=O) groups is 1. The summed E-state index contributed by atoms with van der Waals surface area (Å²) >= 11 is 6.01. The quantitative estimate of drug-likeness (QED) is 0.847. The normalized spacial score (nSPS) is 16.6. The summed E-state index contributed by atoms with van der Waals surface area (Å²) in [6.45, 7) is 6.78. The van der Waals surface area contributed by atoms with E-state index in [4.69, 9.17) is 21.1 Å². The molecule has 0 spiro atoms. The highest BCUT2D eigenvalue weighted by atomic mass is 35.5. The molecule has 6 nitrogen and oxygen atoms in total. The minimum atomic E-state index is -0.565. The second-order valence-electron chi connectivity index (χ2n) is 5.95. The molecule has 0 bridgehead atoms. The fourth-order valence-electron chi connectivity index (χ4n) is 2.05. The number of ether oxygens (including phenoxy) is 2. The Morgan fingerprint density at radius 2 is 2.05 bits per heavy atom. The number of aromatic nitrogens is 2. The number of amides is 1. The first-order chi connectivity index (χ1) is 9.83. The van der Waals surface area contributed by atoms with Crippen molar-refractivity contribution in [1.82, 2.24) is 9.97 Å². The highest BCUT2D eigenvalue weighted by Gasteiger charge is 2.21. The van der Waals surface area contributed by atoms with Crippen LogP contribution in [0, 0.1) is 0 Å². The van der Waals surface area contributed by atoms with Crippen LogP contribution in [-0.4, -0.2) is 34.9 Å². The van der Waals surface area contributed by atoms with Crippen LogP contribution in [0.25, 0.3) is 0 Å². The van der Waals surface area contributed by atoms with Crippen molar-refractivity contribution in [3.8, 4) is 0 Å². The molecule has 1 amide bonds. The van der Waals surface area contributed by atoms with E-state index >= 15 is 0 Å². The lowest BCUT2D eigenvalue weighted by atomic mass is 9.99. The van der Waals surface area contributed by atoms with Gasteiger partial charge in [0.1, 0.15) is 22.4 Å². The molecule has 0 aliphatic carbocycles. The van der Waals surface area contributed by atoms with E-state index in [1.807, 2.05) is 0 Å². The minimum absolute atomic E-state index is 0.205. The maximum atomic E-state index is 11.8. The molecule has 1 N–H and O–H groups in total. The molecular formula is C14H20ClN3O3. The first kappa shape index (κ1) is 16.0. The molecule has 0 saturated carbocycles. The summed E-state index contributed by atoms with van der Waals surface area (Å²) in [5.41, 5.74) is -0.565. The summed E-state index contributed by atoms with van der Waals surface area (Å²) in [6.07, 6.45) is 1.15. The van der Waals surface area contributed by atoms with Crippen molar-refractivity contribution in [1.29, 1.82) is 0 Å². The van der Waals surface area contributed by atoms with Crippen LogP contribution in [0.5, 0.6) is 0 Å². The zero-order valence-corrected chi connectivity index (χ0v) is 13.2. The van der Waals surface area contributed by atoms with Crippen LogP contribution < -0.4 is 5.32 Å². The Labute approximate surface area is 129 Å². The lowest BCUT2D eigenvalue weighted by molar-refractivity contribution is 0.0635. The monoisotopic (exact) mass is 313 g/mol. The van der Waals surface area contributed by atoms with E-state index in [-0.39, 0.29) is 5.92 Å². The SMILES string of the molecule is CC(C)(C)OC(=O)Nc1cc(Cl)nc(C2CCOCC2)n1. The molecule has 0 aromatic carbocycles. The van der Waals surface area contributed by atoms with Crippen molar-refractivity contribution in [3.05, 3.63) is 17.0 Å². The van der Waals surface area contributed by atoms with Crippen LogP contribution in [-0.2, 0) is 9.47 Å². The van der Waals surface area contributed by atoms with E-state index in [2.05, 4.69) is 15.3 Å². The van der Waals surface area contributed by atoms with Gasteiger partial charge in [-0.05, 0) is 33.6 Å². The largest absolute Gasteiger partial charge is 0.444 e. The first-order valence-corrected chi connectivity index (χ1v) is 7.33. The van der Waals surface area contributed by atoms with Gasteiger partial charge < -0.3 is 9.47 Å². The average Bonchev–Trinajstić information content (AvgIpc) is 2.36. The van der Waals surface area contributed by atoms with Crippen molar-refractivity contribution in [3.63, 3.8) is 0 Å². The zero-order chi connectivity index (χ0) is 15.5. The lowest BCUT2D eigenvalue weighted by Crippen LogP contribution is -2.27. The number of hydrogen-bond acceptors (Lipinski definition) is 5. The third-order valence-corrected chi connectivity index (χ3v) is 3.12. The Morgan fingerprint density at radius 1 is 1.38 bits per heavy atom. The van der Waals surface area contributed by atoms with E-state index in [0.29, 0.717) is 30.0 Å². The van der Waals surface area contributed by atoms with Crippen molar-refractivity contribution >= 4 is 23.5 Å². The third kappa shape index (κ3) is 5.13. The second kappa shape index (κ2) is 6.58. The smallest absolute Gasteiger partial charge is 0.413 e. The molecule has 7 heteroatoms. The van der Waals surface area contributed by atoms with Crippen molar-refractivity contribution in [2.45, 2.75) is 45.1 Å². The Morgan fingerprint density at radius 3 is 2.67 bits per heavy atom. The molecule has 2 heterocycles. The van der Waals surface area contributed by atoms with Gasteiger partial charge in [0.2, 0.25) is 0 Å². The molecule has 116 valence electrons. The second-order valence-corrected chi connectivity index (χ2v) is 6.33. The molecule has 2 rings (SSSR count). The highest BCUT2D eigenvalue weighted by molar-refractivity contribution is 6.29. The Balaban J connectivity index is 2.09. The van der Waals surface area contributed by atoms with Crippen LogP contribution in [0.15, 0.2) is 6.07 Å². The number of carbonyl (C=O) groups excluding carboxylic acids is 1. The maximum Gasteiger partial charge on any atom is 0.413 e. The van der Waals surface area contributed by atoms with E-state index in [1.165, 1.54) is 6.07 Å². The molecule has 1 aromatic rings. The highest BCUT2D eigenvalue weighted by Crippen LogP contribution is 2.26. The van der Waals surface area contributed by atoms with Gasteiger partial charge in [0, 0.05) is 25.2 Å². The summed E-state index contributed by atoms with van der Waals surface area (Å²) in [5, 5.41) is 2.89. The van der Waals surface area contributed by atoms with Gasteiger partial charge in [0.05, 0.1) is 0 Å².